The number of amides is 1. The largest absolute Gasteiger partial charge is 0.497 e. The lowest BCUT2D eigenvalue weighted by molar-refractivity contribution is -0.125. The van der Waals surface area contributed by atoms with Crippen LogP contribution >= 0.6 is 11.3 Å². The number of nitrogens with one attached hydrogen (secondary N) is 1. The Morgan fingerprint density at radius 2 is 2.08 bits per heavy atom. The summed E-state index contributed by atoms with van der Waals surface area (Å²) in [5, 5.41) is 5.19. The van der Waals surface area contributed by atoms with E-state index in [4.69, 9.17) is 14.2 Å². The van der Waals surface area contributed by atoms with Crippen LogP contribution in [0.25, 0.3) is 11.3 Å². The molecule has 1 N–H and O–H groups in total. The number of nitrogens with zero attached hydrogens (tertiary/aromatic N) is 1. The van der Waals surface area contributed by atoms with Gasteiger partial charge in [-0.1, -0.05) is 24.3 Å². The van der Waals surface area contributed by atoms with Gasteiger partial charge in [-0.2, -0.15) is 0 Å². The molecular formula is C19H16N2O4S. The summed E-state index contributed by atoms with van der Waals surface area (Å²) in [6.07, 6.45) is -0.714. The molecule has 0 unspecified atom stereocenters. The maximum absolute atomic E-state index is 12.5. The van der Waals surface area contributed by atoms with Gasteiger partial charge in [0.2, 0.25) is 6.10 Å². The Hall–Kier alpha value is -3.06. The molecule has 0 saturated heterocycles. The third-order valence-corrected chi connectivity index (χ3v) is 4.66. The number of carbonyl (C=O) groups excluding carboxylic acids is 1. The molecule has 1 amide bonds. The van der Waals surface area contributed by atoms with Gasteiger partial charge in [0.1, 0.15) is 12.4 Å². The van der Waals surface area contributed by atoms with Crippen molar-refractivity contribution in [3.63, 3.8) is 0 Å². The van der Waals surface area contributed by atoms with Gasteiger partial charge in [-0.25, -0.2) is 4.98 Å². The molecule has 0 fully saturated rings. The molecule has 0 bridgehead atoms. The minimum absolute atomic E-state index is 0.164. The molecule has 0 aliphatic carbocycles. The summed E-state index contributed by atoms with van der Waals surface area (Å²) in [7, 11) is 1.62. The molecule has 132 valence electrons. The van der Waals surface area contributed by atoms with Gasteiger partial charge in [-0.15, -0.1) is 11.3 Å². The Kier molecular flexibility index (Phi) is 4.45. The monoisotopic (exact) mass is 368 g/mol. The zero-order chi connectivity index (χ0) is 17.9. The zero-order valence-electron chi connectivity index (χ0n) is 14.0. The van der Waals surface area contributed by atoms with Gasteiger partial charge < -0.3 is 14.2 Å². The van der Waals surface area contributed by atoms with E-state index in [1.807, 2.05) is 47.8 Å². The predicted octanol–water partition coefficient (Wildman–Crippen LogP) is 3.60. The standard InChI is InChI=1S/C19H16N2O4S/c1-23-13-6-4-5-12(9-13)14-11-26-19(20-14)21-18(22)17-10-24-15-7-2-3-8-16(15)25-17/h2-9,11,17H,10H2,1H3,(H,20,21,22)/t17-/m1/s1. The highest BCUT2D eigenvalue weighted by molar-refractivity contribution is 7.14. The van der Waals surface area contributed by atoms with Crippen LogP contribution in [-0.4, -0.2) is 30.7 Å². The number of benzene rings is 2. The molecule has 1 aromatic heterocycles. The van der Waals surface area contributed by atoms with E-state index in [1.54, 1.807) is 13.2 Å². The molecule has 3 aromatic rings. The summed E-state index contributed by atoms with van der Waals surface area (Å²) in [5.41, 5.74) is 1.70. The van der Waals surface area contributed by atoms with E-state index >= 15 is 0 Å². The van der Waals surface area contributed by atoms with E-state index in [1.165, 1.54) is 11.3 Å². The summed E-state index contributed by atoms with van der Waals surface area (Å²) >= 11 is 1.36. The van der Waals surface area contributed by atoms with E-state index < -0.39 is 6.10 Å². The van der Waals surface area contributed by atoms with Crippen molar-refractivity contribution in [1.29, 1.82) is 0 Å². The van der Waals surface area contributed by atoms with Crippen molar-refractivity contribution in [1.82, 2.24) is 4.98 Å². The normalized spacial score (nSPS) is 15.3. The fourth-order valence-electron chi connectivity index (χ4n) is 2.58. The summed E-state index contributed by atoms with van der Waals surface area (Å²) in [4.78, 5) is 16.9. The van der Waals surface area contributed by atoms with Crippen molar-refractivity contribution >= 4 is 22.4 Å². The molecule has 0 spiro atoms. The number of rotatable bonds is 4. The molecule has 0 saturated carbocycles. The number of aromatic nitrogens is 1. The average molecular weight is 368 g/mol. The fourth-order valence-corrected chi connectivity index (χ4v) is 3.30. The molecule has 1 aliphatic heterocycles. The topological polar surface area (TPSA) is 69.7 Å². The second kappa shape index (κ2) is 7.05. The Bertz CT molecular complexity index is 941. The lowest BCUT2D eigenvalue weighted by Crippen LogP contribution is -2.40. The molecule has 6 nitrogen and oxygen atoms in total. The fraction of sp³-hybridized carbons (Fsp3) is 0.158. The van der Waals surface area contributed by atoms with E-state index in [-0.39, 0.29) is 12.5 Å². The van der Waals surface area contributed by atoms with Crippen molar-refractivity contribution in [2.24, 2.45) is 0 Å². The molecule has 1 aliphatic rings. The molecule has 26 heavy (non-hydrogen) atoms. The third kappa shape index (κ3) is 3.34. The summed E-state index contributed by atoms with van der Waals surface area (Å²) in [6, 6.07) is 14.9. The molecule has 2 heterocycles. The molecule has 0 radical (unpaired) electrons. The molecule has 7 heteroatoms. The second-order valence-corrected chi connectivity index (χ2v) is 6.48. The van der Waals surface area contributed by atoms with Gasteiger partial charge >= 0.3 is 0 Å². The number of hydrogen-bond donors (Lipinski definition) is 1. The van der Waals surface area contributed by atoms with Gasteiger partial charge in [-0.3, -0.25) is 10.1 Å². The third-order valence-electron chi connectivity index (χ3n) is 3.90. The van der Waals surface area contributed by atoms with E-state index in [0.29, 0.717) is 16.6 Å². The zero-order valence-corrected chi connectivity index (χ0v) is 14.8. The number of thiazole rings is 1. The van der Waals surface area contributed by atoms with Crippen LogP contribution in [0.5, 0.6) is 17.2 Å². The summed E-state index contributed by atoms with van der Waals surface area (Å²) < 4.78 is 16.5. The van der Waals surface area contributed by atoms with Crippen LogP contribution in [0.1, 0.15) is 0 Å². The van der Waals surface area contributed by atoms with Crippen molar-refractivity contribution in [3.05, 3.63) is 53.9 Å². The Morgan fingerprint density at radius 3 is 2.92 bits per heavy atom. The van der Waals surface area contributed by atoms with Crippen LogP contribution in [0, 0.1) is 0 Å². The lowest BCUT2D eigenvalue weighted by Gasteiger charge is -2.25. The summed E-state index contributed by atoms with van der Waals surface area (Å²) in [5.74, 6) is 1.68. The first-order valence-corrected chi connectivity index (χ1v) is 8.90. The van der Waals surface area contributed by atoms with Crippen molar-refractivity contribution in [2.45, 2.75) is 6.10 Å². The Balaban J connectivity index is 1.45. The number of anilines is 1. The maximum atomic E-state index is 12.5. The highest BCUT2D eigenvalue weighted by atomic mass is 32.1. The Labute approximate surface area is 154 Å². The number of para-hydroxylation sites is 2. The second-order valence-electron chi connectivity index (χ2n) is 5.62. The van der Waals surface area contributed by atoms with Crippen molar-refractivity contribution in [2.75, 3.05) is 19.0 Å². The van der Waals surface area contributed by atoms with Gasteiger partial charge in [0, 0.05) is 10.9 Å². The van der Waals surface area contributed by atoms with Gasteiger partial charge in [0.05, 0.1) is 12.8 Å². The van der Waals surface area contributed by atoms with Gasteiger partial charge in [0.25, 0.3) is 5.91 Å². The van der Waals surface area contributed by atoms with E-state index in [0.717, 1.165) is 17.0 Å². The van der Waals surface area contributed by atoms with Crippen molar-refractivity contribution < 1.29 is 19.0 Å². The Morgan fingerprint density at radius 1 is 1.23 bits per heavy atom. The summed E-state index contributed by atoms with van der Waals surface area (Å²) in [6.45, 7) is 0.164. The first kappa shape index (κ1) is 16.4. The van der Waals surface area contributed by atoms with Crippen LogP contribution in [0.15, 0.2) is 53.9 Å². The van der Waals surface area contributed by atoms with Crippen LogP contribution < -0.4 is 19.5 Å². The first-order valence-electron chi connectivity index (χ1n) is 8.02. The minimum atomic E-state index is -0.714. The number of methoxy groups -OCH3 is 1. The number of hydrogen-bond acceptors (Lipinski definition) is 6. The van der Waals surface area contributed by atoms with Crippen LogP contribution in [0.3, 0.4) is 0 Å². The highest BCUT2D eigenvalue weighted by Crippen LogP contribution is 2.32. The lowest BCUT2D eigenvalue weighted by atomic mass is 10.2. The number of carbonyl (C=O) groups is 1. The predicted molar refractivity (Wildman–Crippen MR) is 99.1 cm³/mol. The molecular weight excluding hydrogens is 352 g/mol. The van der Waals surface area contributed by atoms with Gasteiger partial charge in [-0.05, 0) is 24.3 Å². The SMILES string of the molecule is COc1cccc(-c2csc(NC(=O)[C@H]3COc4ccccc4O3)n2)c1. The van der Waals surface area contributed by atoms with Crippen molar-refractivity contribution in [3.8, 4) is 28.5 Å². The smallest absolute Gasteiger partial charge is 0.270 e. The first-order chi connectivity index (χ1) is 12.7. The number of fused-ring (bicyclic) bond motifs is 1. The number of ether oxygens (including phenoxy) is 3. The van der Waals surface area contributed by atoms with Crippen LogP contribution in [0.4, 0.5) is 5.13 Å². The highest BCUT2D eigenvalue weighted by Gasteiger charge is 2.27. The molecule has 1 atom stereocenters. The van der Waals surface area contributed by atoms with Crippen LogP contribution in [-0.2, 0) is 4.79 Å². The van der Waals surface area contributed by atoms with E-state index in [9.17, 15) is 4.79 Å². The quantitative estimate of drug-likeness (QED) is 0.762. The maximum Gasteiger partial charge on any atom is 0.270 e. The van der Waals surface area contributed by atoms with Gasteiger partial charge in [0.15, 0.2) is 16.6 Å². The molecule has 2 aromatic carbocycles. The minimum Gasteiger partial charge on any atom is -0.497 e. The van der Waals surface area contributed by atoms with E-state index in [2.05, 4.69) is 10.3 Å². The average Bonchev–Trinajstić information content (AvgIpc) is 3.16. The van der Waals surface area contributed by atoms with Crippen LogP contribution in [0.2, 0.25) is 0 Å². The molecule has 4 rings (SSSR count).